The predicted octanol–water partition coefficient (Wildman–Crippen LogP) is 2.97. The van der Waals surface area contributed by atoms with Gasteiger partial charge >= 0.3 is 118 Å². The first-order chi connectivity index (χ1) is 9.09. The molecular formula is C13H6ClNO3Se. The van der Waals surface area contributed by atoms with E-state index < -0.39 is 4.92 Å². The van der Waals surface area contributed by atoms with E-state index in [0.717, 1.165) is 4.26 Å². The van der Waals surface area contributed by atoms with Crippen molar-refractivity contribution in [3.05, 3.63) is 61.8 Å². The summed E-state index contributed by atoms with van der Waals surface area (Å²) in [5.41, 5.74) is -0.255. The number of halogens is 1. The Kier molecular flexibility index (Phi) is 2.90. The van der Waals surface area contributed by atoms with E-state index in [1.54, 1.807) is 12.1 Å². The molecule has 0 atom stereocenters. The Bertz CT molecular complexity index is 888. The molecule has 0 unspecified atom stereocenters. The third kappa shape index (κ3) is 1.87. The second kappa shape index (κ2) is 4.46. The van der Waals surface area contributed by atoms with Crippen LogP contribution in [0.25, 0.3) is 19.3 Å². The van der Waals surface area contributed by atoms with E-state index in [1.165, 1.54) is 12.1 Å². The molecule has 0 saturated carbocycles. The molecular weight excluding hydrogens is 333 g/mol. The fraction of sp³-hybridized carbons (Fsp3) is 0. The summed E-state index contributed by atoms with van der Waals surface area (Å²) in [6, 6.07) is 9.96. The van der Waals surface area contributed by atoms with Gasteiger partial charge in [0.1, 0.15) is 0 Å². The number of nitrogens with zero attached hydrogens (tertiary/aromatic N) is 1. The molecule has 19 heavy (non-hydrogen) atoms. The molecule has 3 aromatic rings. The number of non-ortho nitro benzene ring substituents is 1. The maximum atomic E-state index is 12.4. The van der Waals surface area contributed by atoms with Crippen molar-refractivity contribution in [3.63, 3.8) is 0 Å². The SMILES string of the molecule is O=c1c2ccccc2[se]c2c([N+](=O)[O-])ccc(Cl)c12. The van der Waals surface area contributed by atoms with E-state index in [9.17, 15) is 14.9 Å². The third-order valence-electron chi connectivity index (χ3n) is 2.85. The fourth-order valence-corrected chi connectivity index (χ4v) is 4.86. The van der Waals surface area contributed by atoms with Crippen molar-refractivity contribution in [1.82, 2.24) is 0 Å². The second-order valence-electron chi connectivity index (χ2n) is 3.96. The molecule has 0 aliphatic carbocycles. The molecule has 4 nitrogen and oxygen atoms in total. The Morgan fingerprint density at radius 2 is 1.89 bits per heavy atom. The van der Waals surface area contributed by atoms with Crippen LogP contribution in [0.2, 0.25) is 5.02 Å². The standard InChI is InChI=1S/C13H6ClNO3Se/c14-8-5-6-9(15(17)18)13-11(8)12(16)7-3-1-2-4-10(7)19-13/h1-6H. The van der Waals surface area contributed by atoms with Gasteiger partial charge < -0.3 is 0 Å². The van der Waals surface area contributed by atoms with Crippen LogP contribution in [0.1, 0.15) is 0 Å². The van der Waals surface area contributed by atoms with Crippen molar-refractivity contribution in [2.45, 2.75) is 0 Å². The van der Waals surface area contributed by atoms with Crippen molar-refractivity contribution >= 4 is 51.1 Å². The van der Waals surface area contributed by atoms with Gasteiger partial charge in [-0.3, -0.25) is 0 Å². The van der Waals surface area contributed by atoms with Crippen LogP contribution in [0, 0.1) is 10.1 Å². The molecule has 94 valence electrons. The Morgan fingerprint density at radius 1 is 1.16 bits per heavy atom. The average molecular weight is 339 g/mol. The van der Waals surface area contributed by atoms with Crippen LogP contribution < -0.4 is 5.43 Å². The molecule has 1 aromatic heterocycles. The molecule has 6 heteroatoms. The second-order valence-corrected chi connectivity index (χ2v) is 6.57. The van der Waals surface area contributed by atoms with E-state index in [0.29, 0.717) is 9.65 Å². The van der Waals surface area contributed by atoms with Crippen LogP contribution in [-0.4, -0.2) is 19.4 Å². The maximum absolute atomic E-state index is 12.4. The monoisotopic (exact) mass is 339 g/mol. The Hall–Kier alpha value is -1.68. The topological polar surface area (TPSA) is 60.2 Å². The zero-order valence-electron chi connectivity index (χ0n) is 9.42. The van der Waals surface area contributed by atoms with Gasteiger partial charge in [0.15, 0.2) is 0 Å². The Balaban J connectivity index is 2.64. The van der Waals surface area contributed by atoms with Crippen LogP contribution in [0.5, 0.6) is 0 Å². The zero-order valence-corrected chi connectivity index (χ0v) is 11.9. The summed E-state index contributed by atoms with van der Waals surface area (Å²) >= 11 is 5.76. The molecule has 0 fully saturated rings. The van der Waals surface area contributed by atoms with Crippen molar-refractivity contribution in [1.29, 1.82) is 0 Å². The van der Waals surface area contributed by atoms with E-state index in [1.807, 2.05) is 12.1 Å². The first-order valence-corrected chi connectivity index (χ1v) is 7.47. The minimum absolute atomic E-state index is 0.0257. The molecule has 1 heterocycles. The molecule has 3 rings (SSSR count). The van der Waals surface area contributed by atoms with Gasteiger partial charge in [-0.1, -0.05) is 0 Å². The summed E-state index contributed by atoms with van der Waals surface area (Å²) in [4.78, 5) is 23.0. The van der Waals surface area contributed by atoms with Gasteiger partial charge in [-0.25, -0.2) is 0 Å². The van der Waals surface area contributed by atoms with Gasteiger partial charge in [-0.05, 0) is 0 Å². The quantitative estimate of drug-likeness (QED) is 0.297. The number of nitro groups is 1. The normalized spacial score (nSPS) is 11.0. The molecule has 0 saturated heterocycles. The summed E-state index contributed by atoms with van der Waals surface area (Å²) in [6.07, 6.45) is 0. The predicted molar refractivity (Wildman–Crippen MR) is 76.3 cm³/mol. The molecule has 0 aliphatic heterocycles. The summed E-state index contributed by atoms with van der Waals surface area (Å²) in [5.74, 6) is 0. The van der Waals surface area contributed by atoms with Crippen molar-refractivity contribution < 1.29 is 4.92 Å². The fourth-order valence-electron chi connectivity index (χ4n) is 1.99. The minimum atomic E-state index is -0.460. The van der Waals surface area contributed by atoms with Crippen molar-refractivity contribution in [2.24, 2.45) is 0 Å². The number of nitro benzene ring substituents is 1. The van der Waals surface area contributed by atoms with Crippen molar-refractivity contribution in [2.75, 3.05) is 0 Å². The van der Waals surface area contributed by atoms with Crippen LogP contribution >= 0.6 is 11.6 Å². The van der Waals surface area contributed by atoms with Gasteiger partial charge in [0, 0.05) is 0 Å². The molecule has 0 amide bonds. The van der Waals surface area contributed by atoms with Crippen molar-refractivity contribution in [3.8, 4) is 0 Å². The van der Waals surface area contributed by atoms with Gasteiger partial charge in [0.2, 0.25) is 0 Å². The van der Waals surface area contributed by atoms with E-state index in [-0.39, 0.29) is 36.0 Å². The summed E-state index contributed by atoms with van der Waals surface area (Å²) in [6.45, 7) is 0. The van der Waals surface area contributed by atoms with Gasteiger partial charge in [-0.15, -0.1) is 0 Å². The van der Waals surface area contributed by atoms with Gasteiger partial charge in [-0.2, -0.15) is 0 Å². The molecule has 2 aromatic carbocycles. The number of hydrogen-bond acceptors (Lipinski definition) is 3. The van der Waals surface area contributed by atoms with E-state index >= 15 is 0 Å². The number of fused-ring (bicyclic) bond motifs is 2. The first-order valence-electron chi connectivity index (χ1n) is 5.38. The van der Waals surface area contributed by atoms with Crippen LogP contribution in [-0.2, 0) is 0 Å². The van der Waals surface area contributed by atoms with Crippen LogP contribution in [0.15, 0.2) is 41.2 Å². The molecule has 0 aliphatic rings. The van der Waals surface area contributed by atoms with E-state index in [2.05, 4.69) is 0 Å². The Labute approximate surface area is 118 Å². The summed E-state index contributed by atoms with van der Waals surface area (Å²) in [7, 11) is 0. The first kappa shape index (κ1) is 12.4. The molecule has 0 N–H and O–H groups in total. The molecule has 0 spiro atoms. The zero-order chi connectivity index (χ0) is 13.6. The van der Waals surface area contributed by atoms with Crippen LogP contribution in [0.3, 0.4) is 0 Å². The van der Waals surface area contributed by atoms with E-state index in [4.69, 9.17) is 11.6 Å². The molecule has 0 radical (unpaired) electrons. The number of benzene rings is 2. The number of rotatable bonds is 1. The van der Waals surface area contributed by atoms with Crippen LogP contribution in [0.4, 0.5) is 5.69 Å². The van der Waals surface area contributed by atoms with Gasteiger partial charge in [0.25, 0.3) is 0 Å². The summed E-state index contributed by atoms with van der Waals surface area (Å²) in [5, 5.41) is 12.2. The summed E-state index contributed by atoms with van der Waals surface area (Å²) < 4.78 is 1.33. The van der Waals surface area contributed by atoms with Gasteiger partial charge in [0.05, 0.1) is 0 Å². The average Bonchev–Trinajstić information content (AvgIpc) is 2.38. The number of hydrogen-bond donors (Lipinski definition) is 0. The molecule has 0 bridgehead atoms. The third-order valence-corrected chi connectivity index (χ3v) is 5.67. The Morgan fingerprint density at radius 3 is 2.63 bits per heavy atom.